The zero-order valence-electron chi connectivity index (χ0n) is 14.1. The van der Waals surface area contributed by atoms with Gasteiger partial charge >= 0.3 is 6.09 Å². The van der Waals surface area contributed by atoms with Crippen LogP contribution in [0.1, 0.15) is 52.4 Å². The van der Waals surface area contributed by atoms with Gasteiger partial charge < -0.3 is 25.3 Å². The third-order valence-electron chi connectivity index (χ3n) is 3.23. The zero-order valence-corrected chi connectivity index (χ0v) is 14.1. The first-order valence-corrected chi connectivity index (χ1v) is 7.43. The molecule has 1 atom stereocenters. The topological polar surface area (TPSA) is 102 Å². The first kappa shape index (κ1) is 17.2. The number of hydrogen-bond donors (Lipinski definition) is 3. The lowest BCUT2D eigenvalue weighted by molar-refractivity contribution is 0.0465. The molecule has 7 heteroatoms. The van der Waals surface area contributed by atoms with Crippen molar-refractivity contribution in [1.82, 2.24) is 14.7 Å². The van der Waals surface area contributed by atoms with Gasteiger partial charge in [0.15, 0.2) is 0 Å². The molecule has 23 heavy (non-hydrogen) atoms. The summed E-state index contributed by atoms with van der Waals surface area (Å²) < 4.78 is 7.09. The van der Waals surface area contributed by atoms with E-state index in [1.807, 2.05) is 38.2 Å². The summed E-state index contributed by atoms with van der Waals surface area (Å²) >= 11 is 0. The molecule has 0 aromatic carbocycles. The third kappa shape index (κ3) is 3.80. The summed E-state index contributed by atoms with van der Waals surface area (Å²) in [6, 6.07) is 5.49. The van der Waals surface area contributed by atoms with Crippen LogP contribution in [-0.4, -0.2) is 26.2 Å². The summed E-state index contributed by atoms with van der Waals surface area (Å²) in [4.78, 5) is 16.5. The molecule has 2 rings (SSSR count). The van der Waals surface area contributed by atoms with Gasteiger partial charge in [-0.05, 0) is 46.8 Å². The molecule has 7 nitrogen and oxygen atoms in total. The van der Waals surface area contributed by atoms with Crippen LogP contribution in [0, 0.1) is 0 Å². The lowest BCUT2D eigenvalue weighted by Crippen LogP contribution is -2.44. The van der Waals surface area contributed by atoms with Crippen molar-refractivity contribution < 1.29 is 14.6 Å². The molecule has 1 amide bonds. The van der Waals surface area contributed by atoms with Gasteiger partial charge in [0, 0.05) is 6.20 Å². The second kappa shape index (κ2) is 5.82. The summed E-state index contributed by atoms with van der Waals surface area (Å²) in [7, 11) is 0. The number of aliphatic hydroxyl groups excluding tert-OH is 1. The Morgan fingerprint density at radius 2 is 2.00 bits per heavy atom. The van der Waals surface area contributed by atoms with Crippen molar-refractivity contribution in [3.8, 4) is 0 Å². The predicted octanol–water partition coefficient (Wildman–Crippen LogP) is 2.04. The van der Waals surface area contributed by atoms with Crippen LogP contribution in [0.2, 0.25) is 0 Å². The Bertz CT molecular complexity index is 714. The van der Waals surface area contributed by atoms with E-state index in [0.29, 0.717) is 17.0 Å². The van der Waals surface area contributed by atoms with Gasteiger partial charge in [0.1, 0.15) is 23.3 Å². The fourth-order valence-electron chi connectivity index (χ4n) is 2.33. The van der Waals surface area contributed by atoms with Crippen LogP contribution in [-0.2, 0) is 10.3 Å². The number of carbonyl (C=O) groups excluding carboxylic acids is 1. The minimum Gasteiger partial charge on any atom is -0.444 e. The maximum Gasteiger partial charge on any atom is 0.408 e. The number of carbonyl (C=O) groups is 1. The van der Waals surface area contributed by atoms with Crippen LogP contribution < -0.4 is 11.1 Å². The summed E-state index contributed by atoms with van der Waals surface area (Å²) in [5.74, 6) is 0.554. The van der Waals surface area contributed by atoms with E-state index in [1.165, 1.54) is 0 Å². The maximum atomic E-state index is 12.1. The number of rotatable bonds is 3. The normalized spacial score (nSPS) is 13.9. The number of amides is 1. The number of nitrogens with one attached hydrogen (secondary N) is 1. The van der Waals surface area contributed by atoms with Crippen molar-refractivity contribution in [2.24, 2.45) is 5.73 Å². The molecule has 0 bridgehead atoms. The van der Waals surface area contributed by atoms with E-state index in [9.17, 15) is 9.90 Å². The summed E-state index contributed by atoms with van der Waals surface area (Å²) in [6.07, 6.45) is 0.0747. The Morgan fingerprint density at radius 1 is 1.35 bits per heavy atom. The number of alkyl carbamates (subject to hydrolysis) is 1. The smallest absolute Gasteiger partial charge is 0.408 e. The van der Waals surface area contributed by atoms with E-state index >= 15 is 0 Å². The standard InChI is InChI=1S/C16H24N4O3/c1-15(2,3)23-14(22)19-16(4,5)13-18-11(12(17)21)10-8-6-7-9-20(10)13/h6-9,12,21H,17H2,1-5H3,(H,19,22). The molecule has 2 aromatic heterocycles. The minimum absolute atomic E-state index is 0.361. The van der Waals surface area contributed by atoms with E-state index in [1.54, 1.807) is 25.2 Å². The van der Waals surface area contributed by atoms with Crippen LogP contribution in [0.25, 0.3) is 5.52 Å². The largest absolute Gasteiger partial charge is 0.444 e. The zero-order chi connectivity index (χ0) is 17.4. The average Bonchev–Trinajstić information content (AvgIpc) is 2.75. The van der Waals surface area contributed by atoms with Crippen molar-refractivity contribution >= 4 is 11.6 Å². The molecule has 0 saturated heterocycles. The number of hydrogen-bond acceptors (Lipinski definition) is 5. The number of pyridine rings is 1. The first-order chi connectivity index (χ1) is 10.5. The van der Waals surface area contributed by atoms with Gasteiger partial charge in [-0.2, -0.15) is 0 Å². The molecule has 126 valence electrons. The number of aliphatic hydroxyl groups is 1. The molecular weight excluding hydrogens is 296 g/mol. The molecule has 4 N–H and O–H groups in total. The van der Waals surface area contributed by atoms with Crippen molar-refractivity contribution in [2.45, 2.75) is 52.0 Å². The second-order valence-electron chi connectivity index (χ2n) is 6.97. The number of nitrogens with zero attached hydrogens (tertiary/aromatic N) is 2. The highest BCUT2D eigenvalue weighted by molar-refractivity contribution is 5.69. The predicted molar refractivity (Wildman–Crippen MR) is 86.7 cm³/mol. The SMILES string of the molecule is CC(C)(C)OC(=O)NC(C)(C)c1nc(C(N)O)c2ccccn12. The molecule has 1 unspecified atom stereocenters. The summed E-state index contributed by atoms with van der Waals surface area (Å²) in [5.41, 5.74) is 5.23. The van der Waals surface area contributed by atoms with Gasteiger partial charge in [-0.15, -0.1) is 0 Å². The monoisotopic (exact) mass is 320 g/mol. The number of imidazole rings is 1. The number of ether oxygens (including phenoxy) is 1. The molecule has 2 aromatic rings. The van der Waals surface area contributed by atoms with E-state index < -0.39 is 23.5 Å². The molecule has 2 heterocycles. The van der Waals surface area contributed by atoms with Crippen molar-refractivity contribution in [2.75, 3.05) is 0 Å². The fraction of sp³-hybridized carbons (Fsp3) is 0.500. The van der Waals surface area contributed by atoms with Crippen LogP contribution in [0.4, 0.5) is 4.79 Å². The Labute approximate surface area is 135 Å². The highest BCUT2D eigenvalue weighted by Crippen LogP contribution is 2.25. The van der Waals surface area contributed by atoms with Crippen molar-refractivity contribution in [3.05, 3.63) is 35.9 Å². The molecule has 0 spiro atoms. The van der Waals surface area contributed by atoms with Crippen LogP contribution in [0.5, 0.6) is 0 Å². The second-order valence-corrected chi connectivity index (χ2v) is 6.97. The summed E-state index contributed by atoms with van der Waals surface area (Å²) in [6.45, 7) is 9.02. The quantitative estimate of drug-likeness (QED) is 0.751. The number of aromatic nitrogens is 2. The molecule has 0 aliphatic heterocycles. The van der Waals surface area contributed by atoms with Crippen LogP contribution in [0.15, 0.2) is 24.4 Å². The van der Waals surface area contributed by atoms with Gasteiger partial charge in [-0.1, -0.05) is 6.07 Å². The molecule has 0 aliphatic carbocycles. The van der Waals surface area contributed by atoms with Crippen molar-refractivity contribution in [1.29, 1.82) is 0 Å². The van der Waals surface area contributed by atoms with E-state index in [4.69, 9.17) is 10.5 Å². The Kier molecular flexibility index (Phi) is 4.37. The minimum atomic E-state index is -1.20. The van der Waals surface area contributed by atoms with E-state index in [-0.39, 0.29) is 0 Å². The lowest BCUT2D eigenvalue weighted by Gasteiger charge is -2.27. The highest BCUT2D eigenvalue weighted by Gasteiger charge is 2.31. The van der Waals surface area contributed by atoms with Gasteiger partial charge in [0.25, 0.3) is 0 Å². The Morgan fingerprint density at radius 3 is 2.57 bits per heavy atom. The first-order valence-electron chi connectivity index (χ1n) is 7.43. The van der Waals surface area contributed by atoms with Crippen LogP contribution in [0.3, 0.4) is 0 Å². The average molecular weight is 320 g/mol. The molecular formula is C16H24N4O3. The Hall–Kier alpha value is -2.12. The van der Waals surface area contributed by atoms with E-state index in [0.717, 1.165) is 0 Å². The third-order valence-corrected chi connectivity index (χ3v) is 3.23. The number of nitrogens with two attached hydrogens (primary N) is 1. The maximum absolute atomic E-state index is 12.1. The molecule has 0 saturated carbocycles. The van der Waals surface area contributed by atoms with Gasteiger partial charge in [0.05, 0.1) is 11.1 Å². The molecule has 0 aliphatic rings. The summed E-state index contributed by atoms with van der Waals surface area (Å²) in [5, 5.41) is 12.5. The van der Waals surface area contributed by atoms with Gasteiger partial charge in [-0.25, -0.2) is 9.78 Å². The van der Waals surface area contributed by atoms with E-state index in [2.05, 4.69) is 10.3 Å². The van der Waals surface area contributed by atoms with Crippen LogP contribution >= 0.6 is 0 Å². The fourth-order valence-corrected chi connectivity index (χ4v) is 2.33. The van der Waals surface area contributed by atoms with Gasteiger partial charge in [0.2, 0.25) is 0 Å². The van der Waals surface area contributed by atoms with Gasteiger partial charge in [-0.3, -0.25) is 0 Å². The molecule has 0 radical (unpaired) electrons. The van der Waals surface area contributed by atoms with Crippen molar-refractivity contribution in [3.63, 3.8) is 0 Å². The Balaban J connectivity index is 2.40. The molecule has 0 fully saturated rings. The number of fused-ring (bicyclic) bond motifs is 1. The highest BCUT2D eigenvalue weighted by atomic mass is 16.6. The lowest BCUT2D eigenvalue weighted by atomic mass is 10.1.